The van der Waals surface area contributed by atoms with Crippen molar-refractivity contribution in [2.75, 3.05) is 0 Å². The first kappa shape index (κ1) is 12.0. The second-order valence-corrected chi connectivity index (χ2v) is 6.42. The Morgan fingerprint density at radius 2 is 1.78 bits per heavy atom. The molecule has 18 heavy (non-hydrogen) atoms. The van der Waals surface area contributed by atoms with Crippen LogP contribution in [0.15, 0.2) is 29.2 Å². The van der Waals surface area contributed by atoms with E-state index in [2.05, 4.69) is 0 Å². The lowest BCUT2D eigenvalue weighted by Crippen LogP contribution is -2.37. The van der Waals surface area contributed by atoms with Crippen molar-refractivity contribution in [2.45, 2.75) is 43.3 Å². The molecule has 1 aromatic carbocycles. The first-order valence-electron chi connectivity index (χ1n) is 6.36. The topological polar surface area (TPSA) is 52.6 Å². The van der Waals surface area contributed by atoms with Crippen molar-refractivity contribution in [3.63, 3.8) is 0 Å². The lowest BCUT2D eigenvalue weighted by Gasteiger charge is -2.33. The highest BCUT2D eigenvalue weighted by molar-refractivity contribution is 7.87. The van der Waals surface area contributed by atoms with Crippen LogP contribution in [0.4, 0.5) is 0 Å². The smallest absolute Gasteiger partial charge is 0.303 e. The molecule has 4 nitrogen and oxygen atoms in total. The molecule has 3 rings (SSSR count). The Kier molecular flexibility index (Phi) is 3.03. The van der Waals surface area contributed by atoms with E-state index < -0.39 is 16.4 Å². The molecule has 1 aliphatic carbocycles. The summed E-state index contributed by atoms with van der Waals surface area (Å²) in [7, 11) is -3.67. The molecule has 0 amide bonds. The van der Waals surface area contributed by atoms with Gasteiger partial charge in [0.1, 0.15) is 10.6 Å². The average Bonchev–Trinajstić information content (AvgIpc) is 2.39. The zero-order valence-electron chi connectivity index (χ0n) is 10.0. The normalized spacial score (nSPS) is 27.2. The molecule has 1 unspecified atom stereocenters. The molecule has 0 saturated heterocycles. The molecular weight excluding hydrogens is 252 g/mol. The van der Waals surface area contributed by atoms with E-state index in [1.165, 1.54) is 12.5 Å². The van der Waals surface area contributed by atoms with E-state index in [0.717, 1.165) is 25.7 Å². The Labute approximate surface area is 107 Å². The highest BCUT2D eigenvalue weighted by Gasteiger charge is 2.37. The van der Waals surface area contributed by atoms with Crippen molar-refractivity contribution < 1.29 is 17.3 Å². The van der Waals surface area contributed by atoms with Gasteiger partial charge >= 0.3 is 10.1 Å². The molecule has 1 atom stereocenters. The summed E-state index contributed by atoms with van der Waals surface area (Å²) in [6.07, 6.45) is 4.76. The van der Waals surface area contributed by atoms with Gasteiger partial charge < -0.3 is 4.74 Å². The second kappa shape index (κ2) is 4.55. The summed E-state index contributed by atoms with van der Waals surface area (Å²) >= 11 is 0. The lowest BCUT2D eigenvalue weighted by molar-refractivity contribution is -0.0575. The quantitative estimate of drug-likeness (QED) is 0.735. The summed E-state index contributed by atoms with van der Waals surface area (Å²) in [6.45, 7) is 0. The summed E-state index contributed by atoms with van der Waals surface area (Å²) < 4.78 is 34.9. The van der Waals surface area contributed by atoms with Gasteiger partial charge in [-0.3, -0.25) is 0 Å². The molecule has 5 heteroatoms. The molecule has 1 aromatic rings. The molecular formula is C13H16O4S. The fraction of sp³-hybridized carbons (Fsp3) is 0.538. The van der Waals surface area contributed by atoms with Gasteiger partial charge in [-0.25, -0.2) is 4.18 Å². The summed E-state index contributed by atoms with van der Waals surface area (Å²) in [4.78, 5) is 0.136. The Hall–Kier alpha value is -1.07. The number of benzene rings is 1. The van der Waals surface area contributed by atoms with Crippen molar-refractivity contribution in [3.8, 4) is 5.75 Å². The van der Waals surface area contributed by atoms with Gasteiger partial charge in [0.25, 0.3) is 0 Å². The minimum atomic E-state index is -3.67. The van der Waals surface area contributed by atoms with Gasteiger partial charge in [-0.15, -0.1) is 0 Å². The maximum Gasteiger partial charge on any atom is 0.303 e. The second-order valence-electron chi connectivity index (χ2n) is 4.88. The third-order valence-electron chi connectivity index (χ3n) is 3.62. The predicted octanol–water partition coefficient (Wildman–Crippen LogP) is 2.69. The van der Waals surface area contributed by atoms with Crippen LogP contribution in [0.5, 0.6) is 5.75 Å². The first-order chi connectivity index (χ1) is 8.67. The van der Waals surface area contributed by atoms with Crippen LogP contribution in [0.25, 0.3) is 0 Å². The van der Waals surface area contributed by atoms with Gasteiger partial charge in [0.05, 0.1) is 0 Å². The Bertz CT molecular complexity index is 532. The average molecular weight is 268 g/mol. The summed E-state index contributed by atoms with van der Waals surface area (Å²) in [6, 6.07) is 6.65. The van der Waals surface area contributed by atoms with E-state index in [4.69, 9.17) is 8.92 Å². The van der Waals surface area contributed by atoms with E-state index in [0.29, 0.717) is 5.75 Å². The first-order valence-corrected chi connectivity index (χ1v) is 7.77. The van der Waals surface area contributed by atoms with Gasteiger partial charge in [0, 0.05) is 5.92 Å². The van der Waals surface area contributed by atoms with Crippen molar-refractivity contribution in [1.82, 2.24) is 0 Å². The van der Waals surface area contributed by atoms with E-state index in [9.17, 15) is 8.42 Å². The summed E-state index contributed by atoms with van der Waals surface area (Å²) in [5.41, 5.74) is 0. The summed E-state index contributed by atoms with van der Waals surface area (Å²) in [5.74, 6) is 0.598. The highest BCUT2D eigenvalue weighted by Crippen LogP contribution is 2.37. The summed E-state index contributed by atoms with van der Waals surface area (Å²) in [5, 5.41) is 0. The number of para-hydroxylation sites is 1. The van der Waals surface area contributed by atoms with Crippen molar-refractivity contribution >= 4 is 10.1 Å². The molecule has 0 aromatic heterocycles. The number of rotatable bonds is 1. The molecule has 0 spiro atoms. The minimum absolute atomic E-state index is 0.136. The van der Waals surface area contributed by atoms with Crippen LogP contribution in [0.3, 0.4) is 0 Å². The molecule has 0 N–H and O–H groups in total. The van der Waals surface area contributed by atoms with Gasteiger partial charge in [0.15, 0.2) is 0 Å². The van der Waals surface area contributed by atoms with Gasteiger partial charge in [-0.05, 0) is 25.0 Å². The standard InChI is InChI=1S/C13H16O4S/c14-18(15)12-9-5-4-8-11(12)16-13(17-18)10-6-2-1-3-7-10/h4-5,8-10,13H,1-3,6-7H2. The van der Waals surface area contributed by atoms with Crippen LogP contribution in [-0.2, 0) is 14.3 Å². The van der Waals surface area contributed by atoms with Gasteiger partial charge in [0.2, 0.25) is 6.29 Å². The highest BCUT2D eigenvalue weighted by atomic mass is 32.2. The number of hydrogen-bond donors (Lipinski definition) is 0. The maximum atomic E-state index is 12.0. The number of ether oxygens (including phenoxy) is 1. The molecule has 1 heterocycles. The van der Waals surface area contributed by atoms with E-state index in [-0.39, 0.29) is 10.8 Å². The third kappa shape index (κ3) is 2.12. The molecule has 0 radical (unpaired) electrons. The van der Waals surface area contributed by atoms with Crippen molar-refractivity contribution in [2.24, 2.45) is 5.92 Å². The van der Waals surface area contributed by atoms with E-state index in [1.807, 2.05) is 0 Å². The molecule has 1 saturated carbocycles. The Morgan fingerprint density at radius 1 is 1.06 bits per heavy atom. The van der Waals surface area contributed by atoms with Crippen LogP contribution in [-0.4, -0.2) is 14.7 Å². The fourth-order valence-electron chi connectivity index (χ4n) is 2.66. The molecule has 2 aliphatic rings. The Balaban J connectivity index is 1.90. The van der Waals surface area contributed by atoms with Crippen LogP contribution >= 0.6 is 0 Å². The van der Waals surface area contributed by atoms with Crippen molar-refractivity contribution in [1.29, 1.82) is 0 Å². The lowest BCUT2D eigenvalue weighted by atomic mass is 9.89. The van der Waals surface area contributed by atoms with Crippen LogP contribution in [0, 0.1) is 5.92 Å². The third-order valence-corrected chi connectivity index (χ3v) is 4.94. The number of fused-ring (bicyclic) bond motifs is 1. The zero-order chi connectivity index (χ0) is 12.6. The SMILES string of the molecule is O=S1(=O)OC(C2CCCCC2)Oc2ccccc21. The van der Waals surface area contributed by atoms with Gasteiger partial charge in [-0.1, -0.05) is 31.4 Å². The molecule has 0 bridgehead atoms. The van der Waals surface area contributed by atoms with Gasteiger partial charge in [-0.2, -0.15) is 8.42 Å². The predicted molar refractivity (Wildman–Crippen MR) is 65.7 cm³/mol. The largest absolute Gasteiger partial charge is 0.462 e. The Morgan fingerprint density at radius 3 is 2.56 bits per heavy atom. The maximum absolute atomic E-state index is 12.0. The number of hydrogen-bond acceptors (Lipinski definition) is 4. The van der Waals surface area contributed by atoms with Crippen molar-refractivity contribution in [3.05, 3.63) is 24.3 Å². The molecule has 1 fully saturated rings. The fourth-order valence-corrected chi connectivity index (χ4v) is 3.81. The van der Waals surface area contributed by atoms with Crippen LogP contribution < -0.4 is 4.74 Å². The monoisotopic (exact) mass is 268 g/mol. The minimum Gasteiger partial charge on any atom is -0.462 e. The van der Waals surface area contributed by atoms with Crippen LogP contribution in [0.2, 0.25) is 0 Å². The molecule has 1 aliphatic heterocycles. The van der Waals surface area contributed by atoms with Crippen LogP contribution in [0.1, 0.15) is 32.1 Å². The molecule has 98 valence electrons. The zero-order valence-corrected chi connectivity index (χ0v) is 10.9. The van der Waals surface area contributed by atoms with E-state index in [1.54, 1.807) is 18.2 Å². The van der Waals surface area contributed by atoms with E-state index >= 15 is 0 Å².